The molecule has 1 saturated heterocycles. The highest BCUT2D eigenvalue weighted by Crippen LogP contribution is 2.23. The van der Waals surface area contributed by atoms with E-state index in [-0.39, 0.29) is 17.8 Å². The number of amides is 1. The predicted molar refractivity (Wildman–Crippen MR) is 76.3 cm³/mol. The number of hydrogen-bond donors (Lipinski definition) is 1. The molecule has 0 aromatic heterocycles. The van der Waals surface area contributed by atoms with E-state index in [9.17, 15) is 14.0 Å². The van der Waals surface area contributed by atoms with Crippen molar-refractivity contribution in [2.24, 2.45) is 5.92 Å². The third-order valence-corrected chi connectivity index (χ3v) is 4.09. The monoisotopic (exact) mass is 293 g/mol. The maximum Gasteiger partial charge on any atom is 0.308 e. The summed E-state index contributed by atoms with van der Waals surface area (Å²) in [6, 6.07) is 6.18. The molecule has 4 nitrogen and oxygen atoms in total. The number of nitrogens with zero attached hydrogens (tertiary/aromatic N) is 1. The molecule has 2 atom stereocenters. The largest absolute Gasteiger partial charge is 0.481 e. The van der Waals surface area contributed by atoms with Crippen LogP contribution in [-0.2, 0) is 16.0 Å². The number of benzene rings is 1. The third-order valence-electron chi connectivity index (χ3n) is 4.09. The molecule has 114 valence electrons. The molecular weight excluding hydrogens is 273 g/mol. The van der Waals surface area contributed by atoms with Crippen LogP contribution in [0.15, 0.2) is 24.3 Å². The van der Waals surface area contributed by atoms with E-state index in [4.69, 9.17) is 5.11 Å². The number of aliphatic carboxylic acids is 1. The van der Waals surface area contributed by atoms with Crippen LogP contribution in [0.1, 0.15) is 31.7 Å². The van der Waals surface area contributed by atoms with Gasteiger partial charge in [0.1, 0.15) is 5.82 Å². The van der Waals surface area contributed by atoms with Gasteiger partial charge < -0.3 is 10.0 Å². The van der Waals surface area contributed by atoms with E-state index in [0.29, 0.717) is 25.8 Å². The standard InChI is InChI=1S/C16H20FNO3/c1-11-2-6-13(16(20)21)10-18(11)15(19)9-5-12-3-7-14(17)8-4-12/h3-4,7-8,11,13H,2,5-6,9-10H2,1H3,(H,20,21). The molecule has 1 N–H and O–H groups in total. The fraction of sp³-hybridized carbons (Fsp3) is 0.500. The van der Waals surface area contributed by atoms with Gasteiger partial charge in [-0.2, -0.15) is 0 Å². The molecule has 1 heterocycles. The van der Waals surface area contributed by atoms with Gasteiger partial charge in [-0.05, 0) is 43.9 Å². The van der Waals surface area contributed by atoms with Gasteiger partial charge in [0.05, 0.1) is 5.92 Å². The van der Waals surface area contributed by atoms with Gasteiger partial charge in [-0.25, -0.2) is 4.39 Å². The quantitative estimate of drug-likeness (QED) is 0.927. The summed E-state index contributed by atoms with van der Waals surface area (Å²) in [4.78, 5) is 25.0. The Bertz CT molecular complexity index is 515. The lowest BCUT2D eigenvalue weighted by Crippen LogP contribution is -2.47. The predicted octanol–water partition coefficient (Wildman–Crippen LogP) is 2.47. The fourth-order valence-corrected chi connectivity index (χ4v) is 2.70. The second kappa shape index (κ2) is 6.70. The average molecular weight is 293 g/mol. The Morgan fingerprint density at radius 3 is 2.57 bits per heavy atom. The minimum absolute atomic E-state index is 0.0298. The van der Waals surface area contributed by atoms with E-state index in [0.717, 1.165) is 12.0 Å². The summed E-state index contributed by atoms with van der Waals surface area (Å²) < 4.78 is 12.8. The Balaban J connectivity index is 1.92. The lowest BCUT2D eigenvalue weighted by molar-refractivity contribution is -0.147. The number of carboxylic acid groups (broad SMARTS) is 1. The summed E-state index contributed by atoms with van der Waals surface area (Å²) in [6.07, 6.45) is 2.21. The van der Waals surface area contributed by atoms with Crippen LogP contribution >= 0.6 is 0 Å². The number of likely N-dealkylation sites (tertiary alicyclic amines) is 1. The Hall–Kier alpha value is -1.91. The summed E-state index contributed by atoms with van der Waals surface area (Å²) in [5, 5.41) is 9.08. The van der Waals surface area contributed by atoms with Crippen molar-refractivity contribution in [2.75, 3.05) is 6.54 Å². The highest BCUT2D eigenvalue weighted by Gasteiger charge is 2.32. The number of aryl methyl sites for hydroxylation is 1. The van der Waals surface area contributed by atoms with Crippen LogP contribution in [-0.4, -0.2) is 34.5 Å². The minimum Gasteiger partial charge on any atom is -0.481 e. The fourth-order valence-electron chi connectivity index (χ4n) is 2.70. The van der Waals surface area contributed by atoms with Crippen molar-refractivity contribution in [2.45, 2.75) is 38.6 Å². The Labute approximate surface area is 123 Å². The number of carbonyl (C=O) groups excluding carboxylic acids is 1. The molecular formula is C16H20FNO3. The highest BCUT2D eigenvalue weighted by atomic mass is 19.1. The van der Waals surface area contributed by atoms with Crippen molar-refractivity contribution in [3.05, 3.63) is 35.6 Å². The number of carboxylic acids is 1. The first kappa shape index (κ1) is 15.5. The SMILES string of the molecule is CC1CCC(C(=O)O)CN1C(=O)CCc1ccc(F)cc1. The number of carbonyl (C=O) groups is 2. The number of halogens is 1. The van der Waals surface area contributed by atoms with Gasteiger partial charge in [0.2, 0.25) is 5.91 Å². The van der Waals surface area contributed by atoms with Gasteiger partial charge in [0.25, 0.3) is 0 Å². The maximum atomic E-state index is 12.8. The van der Waals surface area contributed by atoms with Gasteiger partial charge in [0.15, 0.2) is 0 Å². The van der Waals surface area contributed by atoms with Crippen LogP contribution < -0.4 is 0 Å². The molecule has 1 aliphatic heterocycles. The Morgan fingerprint density at radius 1 is 1.29 bits per heavy atom. The van der Waals surface area contributed by atoms with Crippen LogP contribution in [0.3, 0.4) is 0 Å². The molecule has 0 spiro atoms. The second-order valence-electron chi connectivity index (χ2n) is 5.63. The molecule has 1 fully saturated rings. The summed E-state index contributed by atoms with van der Waals surface area (Å²) in [5.41, 5.74) is 0.907. The van der Waals surface area contributed by atoms with Crippen LogP contribution in [0.2, 0.25) is 0 Å². The van der Waals surface area contributed by atoms with Gasteiger partial charge >= 0.3 is 5.97 Å². The molecule has 1 aromatic rings. The first-order chi connectivity index (χ1) is 9.97. The smallest absolute Gasteiger partial charge is 0.308 e. The van der Waals surface area contributed by atoms with E-state index in [1.165, 1.54) is 12.1 Å². The summed E-state index contributed by atoms with van der Waals surface area (Å²) in [5.74, 6) is -1.62. The zero-order chi connectivity index (χ0) is 15.4. The van der Waals surface area contributed by atoms with Crippen molar-refractivity contribution in [3.63, 3.8) is 0 Å². The molecule has 0 radical (unpaired) electrons. The second-order valence-corrected chi connectivity index (χ2v) is 5.63. The van der Waals surface area contributed by atoms with Crippen LogP contribution in [0.25, 0.3) is 0 Å². The van der Waals surface area contributed by atoms with Crippen LogP contribution in [0.4, 0.5) is 4.39 Å². The first-order valence-electron chi connectivity index (χ1n) is 7.24. The molecule has 1 aliphatic rings. The molecule has 0 saturated carbocycles. The van der Waals surface area contributed by atoms with E-state index in [1.54, 1.807) is 17.0 Å². The van der Waals surface area contributed by atoms with Crippen molar-refractivity contribution in [3.8, 4) is 0 Å². The first-order valence-corrected chi connectivity index (χ1v) is 7.24. The zero-order valence-corrected chi connectivity index (χ0v) is 12.1. The third kappa shape index (κ3) is 4.03. The zero-order valence-electron chi connectivity index (χ0n) is 12.1. The minimum atomic E-state index is -0.835. The van der Waals surface area contributed by atoms with Crippen LogP contribution in [0.5, 0.6) is 0 Å². The number of rotatable bonds is 4. The van der Waals surface area contributed by atoms with Gasteiger partial charge in [-0.1, -0.05) is 12.1 Å². The Morgan fingerprint density at radius 2 is 1.95 bits per heavy atom. The van der Waals surface area contributed by atoms with E-state index >= 15 is 0 Å². The van der Waals surface area contributed by atoms with Gasteiger partial charge in [-0.15, -0.1) is 0 Å². The Kier molecular flexibility index (Phi) is 4.94. The molecule has 1 aromatic carbocycles. The molecule has 5 heteroatoms. The summed E-state index contributed by atoms with van der Waals surface area (Å²) >= 11 is 0. The molecule has 1 amide bonds. The molecule has 0 bridgehead atoms. The topological polar surface area (TPSA) is 57.6 Å². The number of hydrogen-bond acceptors (Lipinski definition) is 2. The van der Waals surface area contributed by atoms with Crippen LogP contribution in [0, 0.1) is 11.7 Å². The van der Waals surface area contributed by atoms with Crippen molar-refractivity contribution < 1.29 is 19.1 Å². The lowest BCUT2D eigenvalue weighted by atomic mass is 9.93. The molecule has 2 rings (SSSR count). The summed E-state index contributed by atoms with van der Waals surface area (Å²) in [6.45, 7) is 2.24. The molecule has 2 unspecified atom stereocenters. The highest BCUT2D eigenvalue weighted by molar-refractivity contribution is 5.78. The van der Waals surface area contributed by atoms with Gasteiger partial charge in [-0.3, -0.25) is 9.59 Å². The maximum absolute atomic E-state index is 12.8. The number of piperidine rings is 1. The van der Waals surface area contributed by atoms with Crippen molar-refractivity contribution >= 4 is 11.9 Å². The lowest BCUT2D eigenvalue weighted by Gasteiger charge is -2.36. The van der Waals surface area contributed by atoms with Crippen molar-refractivity contribution in [1.29, 1.82) is 0 Å². The summed E-state index contributed by atoms with van der Waals surface area (Å²) in [7, 11) is 0. The van der Waals surface area contributed by atoms with E-state index < -0.39 is 11.9 Å². The van der Waals surface area contributed by atoms with Gasteiger partial charge in [0, 0.05) is 19.0 Å². The molecule has 0 aliphatic carbocycles. The average Bonchev–Trinajstić information content (AvgIpc) is 2.46. The van der Waals surface area contributed by atoms with Crippen molar-refractivity contribution in [1.82, 2.24) is 4.90 Å². The normalized spacial score (nSPS) is 22.1. The molecule has 21 heavy (non-hydrogen) atoms. The van der Waals surface area contributed by atoms with E-state index in [1.807, 2.05) is 6.92 Å². The van der Waals surface area contributed by atoms with E-state index in [2.05, 4.69) is 0 Å².